The number of piperidine rings is 1. The Morgan fingerprint density at radius 3 is 2.58 bits per heavy atom. The third-order valence-corrected chi connectivity index (χ3v) is 5.67. The number of hydrogen-bond donors (Lipinski definition) is 0. The first-order valence-corrected chi connectivity index (χ1v) is 9.32. The summed E-state index contributed by atoms with van der Waals surface area (Å²) in [5.41, 5.74) is -0.924. The monoisotopic (exact) mass is 389 g/mol. The van der Waals surface area contributed by atoms with Gasteiger partial charge in [0.25, 0.3) is 16.4 Å². The fourth-order valence-electron chi connectivity index (χ4n) is 2.78. The Kier molecular flexibility index (Phi) is 4.94. The van der Waals surface area contributed by atoms with E-state index in [2.05, 4.69) is 14.8 Å². The van der Waals surface area contributed by atoms with E-state index in [1.807, 2.05) is 0 Å². The molecule has 2 aromatic heterocycles. The molecule has 12 heteroatoms. The third-order valence-electron chi connectivity index (χ3n) is 3.98. The number of sulfonamides is 1. The predicted octanol–water partition coefficient (Wildman–Crippen LogP) is 2.15. The Morgan fingerprint density at radius 2 is 2.00 bits per heavy atom. The van der Waals surface area contributed by atoms with Gasteiger partial charge in [-0.25, -0.2) is 22.0 Å². The highest BCUT2D eigenvalue weighted by molar-refractivity contribution is 7.93. The first-order chi connectivity index (χ1) is 12.3. The molecule has 9 nitrogen and oxygen atoms in total. The number of carbonyl (C=O) groups is 1. The molecule has 2 aromatic rings. The van der Waals surface area contributed by atoms with Crippen LogP contribution in [-0.2, 0) is 17.1 Å². The lowest BCUT2D eigenvalue weighted by molar-refractivity contribution is 0.142. The minimum atomic E-state index is -4.67. The van der Waals surface area contributed by atoms with Gasteiger partial charge in [0.1, 0.15) is 16.9 Å². The summed E-state index contributed by atoms with van der Waals surface area (Å²) in [7, 11) is -3.35. The minimum absolute atomic E-state index is 0.301. The Hall–Kier alpha value is -2.50. The van der Waals surface area contributed by atoms with Crippen molar-refractivity contribution < 1.29 is 26.5 Å². The average molecular weight is 389 g/mol. The molecule has 1 saturated heterocycles. The number of anilines is 1. The van der Waals surface area contributed by atoms with Gasteiger partial charge in [-0.2, -0.15) is 9.40 Å². The minimum Gasteiger partial charge on any atom is -0.363 e. The summed E-state index contributed by atoms with van der Waals surface area (Å²) in [6.45, 7) is 0.745. The molecule has 26 heavy (non-hydrogen) atoms. The molecular formula is C14H17F2N5O4S. The maximum absolute atomic E-state index is 13.2. The van der Waals surface area contributed by atoms with Crippen LogP contribution in [0.5, 0.6) is 0 Å². The van der Waals surface area contributed by atoms with Crippen molar-refractivity contribution in [3.05, 3.63) is 24.2 Å². The number of urea groups is 1. The van der Waals surface area contributed by atoms with Crippen molar-refractivity contribution in [3.63, 3.8) is 0 Å². The first-order valence-electron chi connectivity index (χ1n) is 7.88. The fraction of sp³-hybridized carbons (Fsp3) is 0.500. The van der Waals surface area contributed by atoms with Crippen LogP contribution in [0.2, 0.25) is 0 Å². The van der Waals surface area contributed by atoms with Gasteiger partial charge in [-0.05, 0) is 19.3 Å². The Morgan fingerprint density at radius 1 is 1.31 bits per heavy atom. The maximum atomic E-state index is 13.2. The summed E-state index contributed by atoms with van der Waals surface area (Å²) in [5, 5.41) is 7.02. The number of aryl methyl sites for hydroxylation is 1. The summed E-state index contributed by atoms with van der Waals surface area (Å²) in [5.74, 6) is -0.301. The van der Waals surface area contributed by atoms with Crippen LogP contribution in [-0.4, -0.2) is 47.4 Å². The van der Waals surface area contributed by atoms with Crippen molar-refractivity contribution in [2.45, 2.75) is 30.6 Å². The van der Waals surface area contributed by atoms with Crippen LogP contribution < -0.4 is 4.31 Å². The van der Waals surface area contributed by atoms with Gasteiger partial charge in [0.05, 0.1) is 0 Å². The van der Waals surface area contributed by atoms with E-state index in [1.165, 1.54) is 18.0 Å². The van der Waals surface area contributed by atoms with E-state index in [4.69, 9.17) is 0 Å². The van der Waals surface area contributed by atoms with Crippen LogP contribution in [0.15, 0.2) is 27.9 Å². The quantitative estimate of drug-likeness (QED) is 0.794. The predicted molar refractivity (Wildman–Crippen MR) is 85.2 cm³/mol. The number of aromatic nitrogens is 3. The van der Waals surface area contributed by atoms with Crippen LogP contribution >= 0.6 is 0 Å². The van der Waals surface area contributed by atoms with E-state index < -0.39 is 33.1 Å². The second kappa shape index (κ2) is 7.02. The molecule has 142 valence electrons. The van der Waals surface area contributed by atoms with Crippen molar-refractivity contribution in [2.75, 3.05) is 17.4 Å². The highest BCUT2D eigenvalue weighted by Gasteiger charge is 2.40. The van der Waals surface area contributed by atoms with E-state index in [0.29, 0.717) is 17.4 Å². The lowest BCUT2D eigenvalue weighted by Crippen LogP contribution is -2.48. The highest BCUT2D eigenvalue weighted by atomic mass is 32.2. The summed E-state index contributed by atoms with van der Waals surface area (Å²) < 4.78 is 58.6. The molecule has 0 aliphatic carbocycles. The van der Waals surface area contributed by atoms with Crippen LogP contribution in [0.1, 0.15) is 31.4 Å². The van der Waals surface area contributed by atoms with E-state index in [1.54, 1.807) is 0 Å². The van der Waals surface area contributed by atoms with Gasteiger partial charge in [-0.15, -0.1) is 0 Å². The Bertz CT molecular complexity index is 875. The fourth-order valence-corrected chi connectivity index (χ4v) is 4.32. The SMILES string of the molecule is Cn1cc(S(=O)(=O)N(C(=O)N2CCCCC2)c2ccon2)c(C(F)F)n1. The zero-order chi connectivity index (χ0) is 18.9. The molecule has 0 aromatic carbocycles. The molecule has 3 heterocycles. The molecule has 0 saturated carbocycles. The van der Waals surface area contributed by atoms with Crippen molar-refractivity contribution >= 4 is 21.9 Å². The van der Waals surface area contributed by atoms with Gasteiger partial charge in [-0.1, -0.05) is 5.16 Å². The van der Waals surface area contributed by atoms with Crippen molar-refractivity contribution in [2.24, 2.45) is 7.05 Å². The van der Waals surface area contributed by atoms with E-state index in [-0.39, 0.29) is 5.82 Å². The molecule has 0 atom stereocenters. The lowest BCUT2D eigenvalue weighted by atomic mass is 10.1. The third kappa shape index (κ3) is 3.28. The smallest absolute Gasteiger partial charge is 0.340 e. The molecule has 0 unspecified atom stereocenters. The van der Waals surface area contributed by atoms with Gasteiger partial charge in [0.2, 0.25) is 0 Å². The summed E-state index contributed by atoms with van der Waals surface area (Å²) in [4.78, 5) is 13.5. The Balaban J connectivity index is 2.08. The zero-order valence-electron chi connectivity index (χ0n) is 13.9. The van der Waals surface area contributed by atoms with Crippen LogP contribution in [0.4, 0.5) is 19.4 Å². The van der Waals surface area contributed by atoms with Gasteiger partial charge < -0.3 is 9.42 Å². The van der Waals surface area contributed by atoms with Gasteiger partial charge in [0.15, 0.2) is 5.82 Å². The summed E-state index contributed by atoms with van der Waals surface area (Å²) >= 11 is 0. The summed E-state index contributed by atoms with van der Waals surface area (Å²) in [6, 6.07) is 0.320. The van der Waals surface area contributed by atoms with Crippen molar-refractivity contribution in [1.29, 1.82) is 0 Å². The topological polar surface area (TPSA) is 102 Å². The molecule has 1 aliphatic rings. The number of carbonyl (C=O) groups excluding carboxylic acids is 1. The second-order valence-corrected chi connectivity index (χ2v) is 7.57. The van der Waals surface area contributed by atoms with E-state index in [9.17, 15) is 22.0 Å². The molecule has 0 radical (unpaired) electrons. The molecule has 2 amide bonds. The zero-order valence-corrected chi connectivity index (χ0v) is 14.7. The number of likely N-dealkylation sites (tertiary alicyclic amines) is 1. The maximum Gasteiger partial charge on any atom is 0.340 e. The molecule has 0 spiro atoms. The second-order valence-electron chi connectivity index (χ2n) is 5.81. The number of halogens is 2. The molecule has 1 fully saturated rings. The van der Waals surface area contributed by atoms with Crippen LogP contribution in [0.25, 0.3) is 0 Å². The van der Waals surface area contributed by atoms with E-state index in [0.717, 1.165) is 36.4 Å². The highest BCUT2D eigenvalue weighted by Crippen LogP contribution is 2.30. The molecule has 0 N–H and O–H groups in total. The number of nitrogens with zero attached hydrogens (tertiary/aromatic N) is 5. The normalized spacial score (nSPS) is 15.5. The first kappa shape index (κ1) is 18.3. The van der Waals surface area contributed by atoms with E-state index >= 15 is 0 Å². The standard InChI is InChI=1S/C14H17F2N5O4S/c1-19-9-10(12(17-19)13(15)16)26(23,24)21(11-5-8-25-18-11)14(22)20-6-3-2-4-7-20/h5,8-9,13H,2-4,6-7H2,1H3. The number of alkyl halides is 2. The Labute approximate surface area is 148 Å². The number of amides is 2. The molecule has 1 aliphatic heterocycles. The van der Waals surface area contributed by atoms with Crippen LogP contribution in [0, 0.1) is 0 Å². The average Bonchev–Trinajstić information content (AvgIpc) is 3.25. The summed E-state index contributed by atoms with van der Waals surface area (Å²) in [6.07, 6.45) is 1.30. The van der Waals surface area contributed by atoms with Crippen molar-refractivity contribution in [1.82, 2.24) is 19.8 Å². The molecule has 3 rings (SSSR count). The lowest BCUT2D eigenvalue weighted by Gasteiger charge is -2.31. The molecular weight excluding hydrogens is 372 g/mol. The molecule has 0 bridgehead atoms. The largest absolute Gasteiger partial charge is 0.363 e. The number of hydrogen-bond acceptors (Lipinski definition) is 6. The van der Waals surface area contributed by atoms with Crippen molar-refractivity contribution in [3.8, 4) is 0 Å². The van der Waals surface area contributed by atoms with Gasteiger partial charge in [-0.3, -0.25) is 4.68 Å². The number of rotatable bonds is 4. The van der Waals surface area contributed by atoms with Crippen LogP contribution in [0.3, 0.4) is 0 Å². The van der Waals surface area contributed by atoms with Gasteiger partial charge >= 0.3 is 6.03 Å². The van der Waals surface area contributed by atoms with Gasteiger partial charge in [0, 0.05) is 32.4 Å².